The van der Waals surface area contributed by atoms with Crippen LogP contribution in [0.3, 0.4) is 0 Å². The molecule has 0 spiro atoms. The summed E-state index contributed by atoms with van der Waals surface area (Å²) in [6.07, 6.45) is 0. The van der Waals surface area contributed by atoms with Crippen LogP contribution in [0.1, 0.15) is 17.0 Å². The fourth-order valence-corrected chi connectivity index (χ4v) is 3.73. The maximum Gasteiger partial charge on any atom is 0.175 e. The van der Waals surface area contributed by atoms with Crippen molar-refractivity contribution in [2.24, 2.45) is 0 Å². The zero-order valence-corrected chi connectivity index (χ0v) is 17.8. The number of hydrogen-bond donors (Lipinski definition) is 2. The molecule has 0 aliphatic heterocycles. The third-order valence-electron chi connectivity index (χ3n) is 4.90. The number of aromatic nitrogens is 2. The Hall–Kier alpha value is -2.89. The molecule has 6 heteroatoms. The normalized spacial score (nSPS) is 10.9. The number of thiocarbonyl (C=S) groups is 1. The molecule has 146 valence electrons. The quantitative estimate of drug-likeness (QED) is 0.388. The number of aryl methyl sites for hydroxylation is 1. The van der Waals surface area contributed by atoms with Crippen molar-refractivity contribution >= 4 is 51.1 Å². The van der Waals surface area contributed by atoms with Gasteiger partial charge in [-0.3, -0.25) is 4.68 Å². The summed E-state index contributed by atoms with van der Waals surface area (Å²) in [5.41, 5.74) is 4.97. The lowest BCUT2D eigenvalue weighted by Gasteiger charge is -2.13. The van der Waals surface area contributed by atoms with Crippen LogP contribution in [0.2, 0.25) is 5.02 Å². The highest BCUT2D eigenvalue weighted by Crippen LogP contribution is 2.25. The summed E-state index contributed by atoms with van der Waals surface area (Å²) in [5.74, 6) is 0. The van der Waals surface area contributed by atoms with Crippen molar-refractivity contribution in [3.8, 4) is 0 Å². The smallest absolute Gasteiger partial charge is 0.175 e. The van der Waals surface area contributed by atoms with Crippen molar-refractivity contribution in [2.75, 3.05) is 10.6 Å². The van der Waals surface area contributed by atoms with Gasteiger partial charge in [0.25, 0.3) is 0 Å². The lowest BCUT2D eigenvalue weighted by molar-refractivity contribution is 0.659. The molecule has 3 aromatic carbocycles. The first kappa shape index (κ1) is 19.4. The average Bonchev–Trinajstić information content (AvgIpc) is 2.97. The molecule has 0 saturated carbocycles. The van der Waals surface area contributed by atoms with Gasteiger partial charge in [0.2, 0.25) is 0 Å². The molecule has 1 aromatic heterocycles. The van der Waals surface area contributed by atoms with E-state index in [0.717, 1.165) is 38.7 Å². The van der Waals surface area contributed by atoms with Gasteiger partial charge in [0.1, 0.15) is 0 Å². The Morgan fingerprint density at radius 1 is 0.966 bits per heavy atom. The molecule has 0 bridgehead atoms. The molecule has 0 unspecified atom stereocenters. The fourth-order valence-electron chi connectivity index (χ4n) is 3.40. The van der Waals surface area contributed by atoms with Crippen molar-refractivity contribution in [3.63, 3.8) is 0 Å². The van der Waals surface area contributed by atoms with E-state index in [2.05, 4.69) is 33.9 Å². The van der Waals surface area contributed by atoms with Crippen molar-refractivity contribution in [1.29, 1.82) is 0 Å². The number of anilines is 2. The largest absolute Gasteiger partial charge is 0.332 e. The Bertz CT molecular complexity index is 1180. The van der Waals surface area contributed by atoms with Gasteiger partial charge >= 0.3 is 0 Å². The minimum atomic E-state index is 0.540. The predicted molar refractivity (Wildman–Crippen MR) is 126 cm³/mol. The molecule has 0 aliphatic carbocycles. The molecule has 0 atom stereocenters. The molecule has 4 rings (SSSR count). The first-order valence-electron chi connectivity index (χ1n) is 9.35. The monoisotopic (exact) mass is 420 g/mol. The molecule has 0 radical (unpaired) electrons. The van der Waals surface area contributed by atoms with E-state index >= 15 is 0 Å². The molecular formula is C23H21ClN4S. The molecule has 4 nitrogen and oxygen atoms in total. The summed E-state index contributed by atoms with van der Waals surface area (Å²) in [5, 5.41) is 14.9. The van der Waals surface area contributed by atoms with Crippen LogP contribution >= 0.6 is 23.8 Å². The zero-order chi connectivity index (χ0) is 20.4. The molecule has 0 fully saturated rings. The Morgan fingerprint density at radius 3 is 2.48 bits per heavy atom. The van der Waals surface area contributed by atoms with Gasteiger partial charge in [0.15, 0.2) is 5.11 Å². The minimum Gasteiger partial charge on any atom is -0.332 e. The van der Waals surface area contributed by atoms with E-state index in [0.29, 0.717) is 11.7 Å². The molecule has 4 aromatic rings. The third-order valence-corrected chi connectivity index (χ3v) is 5.36. The van der Waals surface area contributed by atoms with E-state index in [1.165, 1.54) is 5.39 Å². The summed E-state index contributed by atoms with van der Waals surface area (Å²) in [6, 6.07) is 22.2. The lowest BCUT2D eigenvalue weighted by atomic mass is 10.1. The Morgan fingerprint density at radius 2 is 1.69 bits per heavy atom. The van der Waals surface area contributed by atoms with Gasteiger partial charge < -0.3 is 10.6 Å². The number of nitrogens with zero attached hydrogens (tertiary/aromatic N) is 2. The maximum absolute atomic E-state index is 5.98. The number of hydrogen-bond acceptors (Lipinski definition) is 2. The number of benzene rings is 3. The standard InChI is InChI=1S/C23H21ClN4S/c1-15-22(16(2)28(27-15)14-17-10-12-19(24)13-11-17)26-23(29)25-21-9-5-7-18-6-3-4-8-20(18)21/h3-13H,14H2,1-2H3,(H2,25,26,29). The van der Waals surface area contributed by atoms with Gasteiger partial charge in [0, 0.05) is 16.1 Å². The fraction of sp³-hybridized carbons (Fsp3) is 0.130. The van der Waals surface area contributed by atoms with Crippen molar-refractivity contribution in [1.82, 2.24) is 9.78 Å². The second kappa shape index (κ2) is 8.23. The van der Waals surface area contributed by atoms with Crippen LogP contribution in [0.4, 0.5) is 11.4 Å². The van der Waals surface area contributed by atoms with Crippen molar-refractivity contribution < 1.29 is 0 Å². The van der Waals surface area contributed by atoms with E-state index < -0.39 is 0 Å². The van der Waals surface area contributed by atoms with Gasteiger partial charge in [-0.1, -0.05) is 60.1 Å². The van der Waals surface area contributed by atoms with Crippen LogP contribution in [0, 0.1) is 13.8 Å². The molecule has 0 aliphatic rings. The molecule has 2 N–H and O–H groups in total. The van der Waals surface area contributed by atoms with Gasteiger partial charge in [-0.05, 0) is 55.2 Å². The predicted octanol–water partition coefficient (Wildman–Crippen LogP) is 6.16. The highest BCUT2D eigenvalue weighted by Gasteiger charge is 2.13. The summed E-state index contributed by atoms with van der Waals surface area (Å²) in [6.45, 7) is 4.70. The third kappa shape index (κ3) is 4.26. The van der Waals surface area contributed by atoms with E-state index in [1.807, 2.05) is 67.1 Å². The molecular weight excluding hydrogens is 400 g/mol. The number of fused-ring (bicyclic) bond motifs is 1. The van der Waals surface area contributed by atoms with Crippen molar-refractivity contribution in [3.05, 3.63) is 88.7 Å². The Labute approximate surface area is 180 Å². The zero-order valence-electron chi connectivity index (χ0n) is 16.2. The molecule has 29 heavy (non-hydrogen) atoms. The average molecular weight is 421 g/mol. The van der Waals surface area contributed by atoms with E-state index in [9.17, 15) is 0 Å². The highest BCUT2D eigenvalue weighted by atomic mass is 35.5. The second-order valence-electron chi connectivity index (χ2n) is 6.94. The van der Waals surface area contributed by atoms with Gasteiger partial charge in [-0.25, -0.2) is 0 Å². The van der Waals surface area contributed by atoms with E-state index in [1.54, 1.807) is 0 Å². The minimum absolute atomic E-state index is 0.540. The molecule has 1 heterocycles. The summed E-state index contributed by atoms with van der Waals surface area (Å²) in [7, 11) is 0. The second-order valence-corrected chi connectivity index (χ2v) is 7.78. The van der Waals surface area contributed by atoms with Crippen LogP contribution in [-0.2, 0) is 6.54 Å². The first-order valence-corrected chi connectivity index (χ1v) is 10.1. The summed E-state index contributed by atoms with van der Waals surface area (Å²) < 4.78 is 1.97. The number of nitrogens with one attached hydrogen (secondary N) is 2. The Kier molecular flexibility index (Phi) is 5.51. The number of rotatable bonds is 4. The van der Waals surface area contributed by atoms with Crippen LogP contribution in [0.15, 0.2) is 66.7 Å². The van der Waals surface area contributed by atoms with Crippen LogP contribution in [-0.4, -0.2) is 14.9 Å². The Balaban J connectivity index is 1.52. The van der Waals surface area contributed by atoms with Gasteiger partial charge in [-0.15, -0.1) is 0 Å². The SMILES string of the molecule is Cc1nn(Cc2ccc(Cl)cc2)c(C)c1NC(=S)Nc1cccc2ccccc12. The molecule has 0 amide bonds. The van der Waals surface area contributed by atoms with Crippen LogP contribution in [0.5, 0.6) is 0 Å². The number of halogens is 1. The van der Waals surface area contributed by atoms with Crippen molar-refractivity contribution in [2.45, 2.75) is 20.4 Å². The molecule has 0 saturated heterocycles. The van der Waals surface area contributed by atoms with Gasteiger partial charge in [-0.2, -0.15) is 5.10 Å². The summed E-state index contributed by atoms with van der Waals surface area (Å²) in [4.78, 5) is 0. The highest BCUT2D eigenvalue weighted by molar-refractivity contribution is 7.80. The first-order chi connectivity index (χ1) is 14.0. The lowest BCUT2D eigenvalue weighted by Crippen LogP contribution is -2.20. The summed E-state index contributed by atoms with van der Waals surface area (Å²) >= 11 is 11.6. The van der Waals surface area contributed by atoms with E-state index in [4.69, 9.17) is 23.8 Å². The maximum atomic E-state index is 5.98. The topological polar surface area (TPSA) is 41.9 Å². The van der Waals surface area contributed by atoms with E-state index in [-0.39, 0.29) is 0 Å². The van der Waals surface area contributed by atoms with Crippen LogP contribution in [0.25, 0.3) is 10.8 Å². The van der Waals surface area contributed by atoms with Gasteiger partial charge in [0.05, 0.1) is 23.6 Å². The van der Waals surface area contributed by atoms with Crippen LogP contribution < -0.4 is 10.6 Å².